The molecule has 0 amide bonds. The lowest BCUT2D eigenvalue weighted by molar-refractivity contribution is 0.399. The van der Waals surface area contributed by atoms with Crippen LogP contribution in [-0.4, -0.2) is 21.3 Å². The van der Waals surface area contributed by atoms with Crippen LogP contribution in [0.2, 0.25) is 0 Å². The summed E-state index contributed by atoms with van der Waals surface area (Å²) in [5.74, 6) is 2.37. The fourth-order valence-electron chi connectivity index (χ4n) is 2.82. The summed E-state index contributed by atoms with van der Waals surface area (Å²) in [5, 5.41) is 12.2. The van der Waals surface area contributed by atoms with Crippen molar-refractivity contribution in [2.24, 2.45) is 0 Å². The van der Waals surface area contributed by atoms with E-state index in [2.05, 4.69) is 27.0 Å². The van der Waals surface area contributed by atoms with E-state index < -0.39 is 0 Å². The first-order chi connectivity index (χ1) is 7.36. The molecule has 1 N–H and O–H groups in total. The minimum Gasteiger partial charge on any atom is -0.311 e. The van der Waals surface area contributed by atoms with E-state index in [9.17, 15) is 0 Å². The number of aromatic nitrogens is 3. The maximum absolute atomic E-state index is 4.38. The molecule has 4 nitrogen and oxygen atoms in total. The van der Waals surface area contributed by atoms with Gasteiger partial charge in [0.15, 0.2) is 0 Å². The Morgan fingerprint density at radius 2 is 2.20 bits per heavy atom. The summed E-state index contributed by atoms with van der Waals surface area (Å²) in [5.41, 5.74) is 0. The van der Waals surface area contributed by atoms with Gasteiger partial charge in [0.25, 0.3) is 0 Å². The summed E-state index contributed by atoms with van der Waals surface area (Å²) < 4.78 is 2.37. The molecular formula is C11H18N4. The zero-order valence-electron chi connectivity index (χ0n) is 9.24. The minimum atomic E-state index is 0.451. The van der Waals surface area contributed by atoms with Gasteiger partial charge in [-0.2, -0.15) is 0 Å². The highest BCUT2D eigenvalue weighted by Crippen LogP contribution is 2.29. The Morgan fingerprint density at radius 3 is 3.00 bits per heavy atom. The highest BCUT2D eigenvalue weighted by molar-refractivity contribution is 5.07. The molecule has 1 aromatic heterocycles. The molecule has 15 heavy (non-hydrogen) atoms. The van der Waals surface area contributed by atoms with E-state index in [1.54, 1.807) is 0 Å². The Hall–Kier alpha value is -0.900. The van der Waals surface area contributed by atoms with Crippen molar-refractivity contribution in [3.63, 3.8) is 0 Å². The molecule has 3 heterocycles. The van der Waals surface area contributed by atoms with E-state index in [4.69, 9.17) is 0 Å². The fourth-order valence-corrected chi connectivity index (χ4v) is 2.82. The third-order valence-electron chi connectivity index (χ3n) is 3.63. The van der Waals surface area contributed by atoms with Gasteiger partial charge in [-0.15, -0.1) is 10.2 Å². The smallest absolute Gasteiger partial charge is 0.150 e. The predicted octanol–water partition coefficient (Wildman–Crippen LogP) is 1.60. The third-order valence-corrected chi connectivity index (χ3v) is 3.63. The highest BCUT2D eigenvalue weighted by Gasteiger charge is 2.27. The van der Waals surface area contributed by atoms with Gasteiger partial charge in [0.05, 0.1) is 6.04 Å². The Balaban J connectivity index is 1.97. The first-order valence-corrected chi connectivity index (χ1v) is 6.03. The fraction of sp³-hybridized carbons (Fsp3) is 0.818. The maximum Gasteiger partial charge on any atom is 0.150 e. The molecule has 0 aromatic carbocycles. The molecule has 4 heteroatoms. The van der Waals surface area contributed by atoms with E-state index >= 15 is 0 Å². The topological polar surface area (TPSA) is 42.7 Å². The Bertz CT molecular complexity index is 351. The lowest BCUT2D eigenvalue weighted by atomic mass is 10.1. The van der Waals surface area contributed by atoms with Crippen LogP contribution >= 0.6 is 0 Å². The van der Waals surface area contributed by atoms with Gasteiger partial charge in [0.1, 0.15) is 11.6 Å². The van der Waals surface area contributed by atoms with Gasteiger partial charge in [-0.05, 0) is 39.2 Å². The quantitative estimate of drug-likeness (QED) is 0.759. The van der Waals surface area contributed by atoms with Crippen LogP contribution in [0.25, 0.3) is 0 Å². The molecule has 1 saturated heterocycles. The van der Waals surface area contributed by atoms with E-state index in [1.807, 2.05) is 0 Å². The van der Waals surface area contributed by atoms with E-state index in [-0.39, 0.29) is 0 Å². The number of hydrogen-bond acceptors (Lipinski definition) is 3. The molecule has 3 rings (SSSR count). The molecule has 0 saturated carbocycles. The summed E-state index contributed by atoms with van der Waals surface area (Å²) in [6.45, 7) is 3.41. The van der Waals surface area contributed by atoms with Gasteiger partial charge in [0.2, 0.25) is 0 Å². The molecular weight excluding hydrogens is 188 g/mol. The van der Waals surface area contributed by atoms with Gasteiger partial charge < -0.3 is 9.88 Å². The van der Waals surface area contributed by atoms with Gasteiger partial charge in [-0.25, -0.2) is 0 Å². The molecule has 2 unspecified atom stereocenters. The van der Waals surface area contributed by atoms with Crippen LogP contribution in [0.3, 0.4) is 0 Å². The number of aryl methyl sites for hydroxylation is 1. The van der Waals surface area contributed by atoms with Gasteiger partial charge in [0, 0.05) is 12.5 Å². The van der Waals surface area contributed by atoms with Gasteiger partial charge >= 0.3 is 0 Å². The first-order valence-electron chi connectivity index (χ1n) is 6.03. The van der Waals surface area contributed by atoms with Crippen molar-refractivity contribution in [3.8, 4) is 0 Å². The number of rotatable bonds is 1. The number of nitrogens with zero attached hydrogens (tertiary/aromatic N) is 3. The van der Waals surface area contributed by atoms with E-state index in [0.717, 1.165) is 13.0 Å². The summed E-state index contributed by atoms with van der Waals surface area (Å²) in [6.07, 6.45) is 6.11. The second-order valence-electron chi connectivity index (χ2n) is 4.73. The molecule has 1 fully saturated rings. The summed E-state index contributed by atoms with van der Waals surface area (Å²) >= 11 is 0. The van der Waals surface area contributed by atoms with Crippen LogP contribution < -0.4 is 5.32 Å². The summed E-state index contributed by atoms with van der Waals surface area (Å²) in [6, 6.07) is 1.04. The second kappa shape index (κ2) is 3.59. The summed E-state index contributed by atoms with van der Waals surface area (Å²) in [4.78, 5) is 0. The largest absolute Gasteiger partial charge is 0.311 e. The van der Waals surface area contributed by atoms with Crippen LogP contribution in [-0.2, 0) is 6.42 Å². The standard InChI is InChI=1S/C11H18N4/c1-8-4-2-6-10-13-14-11(15(8)10)9-5-3-7-12-9/h8-9,12H,2-7H2,1H3. The van der Waals surface area contributed by atoms with Crippen molar-refractivity contribution < 1.29 is 0 Å². The monoisotopic (exact) mass is 206 g/mol. The van der Waals surface area contributed by atoms with E-state index in [0.29, 0.717) is 12.1 Å². The SMILES string of the molecule is CC1CCCc2nnc(C3CCCN3)n21. The second-order valence-corrected chi connectivity index (χ2v) is 4.73. The van der Waals surface area contributed by atoms with Crippen molar-refractivity contribution in [2.45, 2.75) is 51.1 Å². The van der Waals surface area contributed by atoms with Crippen LogP contribution in [0.1, 0.15) is 56.3 Å². The Kier molecular flexibility index (Phi) is 2.24. The lowest BCUT2D eigenvalue weighted by Crippen LogP contribution is -2.23. The number of fused-ring (bicyclic) bond motifs is 1. The van der Waals surface area contributed by atoms with E-state index in [1.165, 1.54) is 37.3 Å². The predicted molar refractivity (Wildman–Crippen MR) is 57.6 cm³/mol. The van der Waals surface area contributed by atoms with Crippen molar-refractivity contribution in [1.82, 2.24) is 20.1 Å². The normalized spacial score (nSPS) is 30.5. The molecule has 82 valence electrons. The van der Waals surface area contributed by atoms with Crippen LogP contribution in [0, 0.1) is 0 Å². The molecule has 0 radical (unpaired) electrons. The lowest BCUT2D eigenvalue weighted by Gasteiger charge is -2.24. The highest BCUT2D eigenvalue weighted by atomic mass is 15.3. The Morgan fingerprint density at radius 1 is 1.27 bits per heavy atom. The van der Waals surface area contributed by atoms with Gasteiger partial charge in [-0.3, -0.25) is 0 Å². The average molecular weight is 206 g/mol. The van der Waals surface area contributed by atoms with Crippen molar-refractivity contribution in [1.29, 1.82) is 0 Å². The molecule has 2 aliphatic rings. The molecule has 1 aromatic rings. The van der Waals surface area contributed by atoms with Crippen molar-refractivity contribution in [2.75, 3.05) is 6.54 Å². The van der Waals surface area contributed by atoms with Crippen LogP contribution in [0.4, 0.5) is 0 Å². The first kappa shape index (κ1) is 9.33. The minimum absolute atomic E-state index is 0.451. The van der Waals surface area contributed by atoms with Crippen LogP contribution in [0.5, 0.6) is 0 Å². The average Bonchev–Trinajstić information content (AvgIpc) is 2.85. The number of hydrogen-bond donors (Lipinski definition) is 1. The number of nitrogens with one attached hydrogen (secondary N) is 1. The molecule has 2 atom stereocenters. The molecule has 0 bridgehead atoms. The Labute approximate surface area is 90.1 Å². The maximum atomic E-state index is 4.38. The molecule has 0 aliphatic carbocycles. The van der Waals surface area contributed by atoms with Crippen molar-refractivity contribution >= 4 is 0 Å². The third kappa shape index (κ3) is 1.47. The zero-order chi connectivity index (χ0) is 10.3. The summed E-state index contributed by atoms with van der Waals surface area (Å²) in [7, 11) is 0. The van der Waals surface area contributed by atoms with Gasteiger partial charge in [-0.1, -0.05) is 0 Å². The molecule has 2 aliphatic heterocycles. The van der Waals surface area contributed by atoms with Crippen molar-refractivity contribution in [3.05, 3.63) is 11.6 Å². The molecule has 0 spiro atoms. The van der Waals surface area contributed by atoms with Crippen LogP contribution in [0.15, 0.2) is 0 Å². The zero-order valence-corrected chi connectivity index (χ0v) is 9.24.